The summed E-state index contributed by atoms with van der Waals surface area (Å²) in [5.41, 5.74) is 0. The molecule has 0 aliphatic heterocycles. The minimum atomic E-state index is 0. The summed E-state index contributed by atoms with van der Waals surface area (Å²) < 4.78 is 0. The van der Waals surface area contributed by atoms with E-state index < -0.39 is 0 Å². The third-order valence-corrected chi connectivity index (χ3v) is 0.667. The quantitative estimate of drug-likeness (QED) is 0.343. The van der Waals surface area contributed by atoms with Crippen molar-refractivity contribution in [3.05, 3.63) is 36.4 Å². The molecule has 0 saturated carbocycles. The number of hydrogen-bond donors (Lipinski definition) is 0. The second kappa shape index (κ2) is 18.1. The average Bonchev–Trinajstić information content (AvgIpc) is 1.72. The fourth-order valence-corrected chi connectivity index (χ4v) is 0.385. The van der Waals surface area contributed by atoms with Crippen molar-refractivity contribution in [2.45, 2.75) is 0 Å². The summed E-state index contributed by atoms with van der Waals surface area (Å²) in [5, 5.41) is 0. The predicted octanol–water partition coefficient (Wildman–Crippen LogP) is -9.85. The Labute approximate surface area is 157 Å². The molecule has 38 valence electrons. The van der Waals surface area contributed by atoms with Crippen LogP contribution in [-0.2, 0) is 0 Å². The van der Waals surface area contributed by atoms with Gasteiger partial charge >= 0.3 is 118 Å². The van der Waals surface area contributed by atoms with E-state index >= 15 is 0 Å². The summed E-state index contributed by atoms with van der Waals surface area (Å²) >= 11 is 0. The molecule has 0 fully saturated rings. The molecule has 0 heterocycles. The SMILES string of the molecule is [H-].[H-].[H-].[H-].[Na+].[Na+].[Na+].[Na+].c1ccccc1. The summed E-state index contributed by atoms with van der Waals surface area (Å²) in [6, 6.07) is 12.0. The minimum absolute atomic E-state index is 0. The average molecular weight is 174 g/mol. The van der Waals surface area contributed by atoms with Crippen LogP contribution in [0.2, 0.25) is 0 Å². The smallest absolute Gasteiger partial charge is 1.00 e. The van der Waals surface area contributed by atoms with Crippen molar-refractivity contribution < 1.29 is 124 Å². The molecule has 0 atom stereocenters. The third-order valence-electron chi connectivity index (χ3n) is 0.667. The van der Waals surface area contributed by atoms with Crippen LogP contribution in [0.25, 0.3) is 0 Å². The summed E-state index contributed by atoms with van der Waals surface area (Å²) in [6.45, 7) is 0. The molecular formula is C6H10Na4. The molecular weight excluding hydrogens is 164 g/mol. The molecule has 0 aromatic heterocycles. The molecule has 1 aromatic rings. The van der Waals surface area contributed by atoms with Gasteiger partial charge in [-0.15, -0.1) is 0 Å². The summed E-state index contributed by atoms with van der Waals surface area (Å²) in [5.74, 6) is 0. The number of rotatable bonds is 0. The van der Waals surface area contributed by atoms with E-state index in [1.165, 1.54) is 0 Å². The molecule has 10 heavy (non-hydrogen) atoms. The second-order valence-corrected chi connectivity index (χ2v) is 1.15. The monoisotopic (exact) mass is 174 g/mol. The molecule has 1 aromatic carbocycles. The van der Waals surface area contributed by atoms with E-state index in [1.54, 1.807) is 0 Å². The van der Waals surface area contributed by atoms with Crippen LogP contribution in [0.3, 0.4) is 0 Å². The Morgan fingerprint density at radius 2 is 0.500 bits per heavy atom. The van der Waals surface area contributed by atoms with Crippen LogP contribution < -0.4 is 118 Å². The van der Waals surface area contributed by atoms with Crippen LogP contribution in [0.4, 0.5) is 0 Å². The van der Waals surface area contributed by atoms with Crippen LogP contribution >= 0.6 is 0 Å². The van der Waals surface area contributed by atoms with Crippen molar-refractivity contribution in [3.63, 3.8) is 0 Å². The van der Waals surface area contributed by atoms with E-state index in [0.29, 0.717) is 0 Å². The molecule has 0 amide bonds. The van der Waals surface area contributed by atoms with Gasteiger partial charge in [0.25, 0.3) is 0 Å². The van der Waals surface area contributed by atoms with Crippen LogP contribution in [0, 0.1) is 0 Å². The number of benzene rings is 1. The first kappa shape index (κ1) is 23.2. The Hall–Kier alpha value is 3.22. The maximum atomic E-state index is 2.00. The molecule has 1 rings (SSSR count). The van der Waals surface area contributed by atoms with E-state index in [0.717, 1.165) is 0 Å². The Balaban J connectivity index is -0.00000000750. The van der Waals surface area contributed by atoms with Crippen molar-refractivity contribution in [1.29, 1.82) is 0 Å². The molecule has 0 bridgehead atoms. The van der Waals surface area contributed by atoms with Gasteiger partial charge in [-0.1, -0.05) is 36.4 Å². The van der Waals surface area contributed by atoms with Crippen molar-refractivity contribution in [1.82, 2.24) is 0 Å². The Kier molecular flexibility index (Phi) is 42.0. The molecule has 0 aliphatic rings. The molecule has 0 unspecified atom stereocenters. The normalized spacial score (nSPS) is 4.80. The predicted molar refractivity (Wildman–Crippen MR) is 30.9 cm³/mol. The van der Waals surface area contributed by atoms with Crippen LogP contribution in [0.15, 0.2) is 36.4 Å². The molecule has 0 aliphatic carbocycles. The van der Waals surface area contributed by atoms with E-state index in [9.17, 15) is 0 Å². The van der Waals surface area contributed by atoms with Crippen LogP contribution in [-0.4, -0.2) is 0 Å². The zero-order valence-corrected chi connectivity index (χ0v) is 15.5. The van der Waals surface area contributed by atoms with Crippen molar-refractivity contribution in [2.24, 2.45) is 0 Å². The van der Waals surface area contributed by atoms with Gasteiger partial charge < -0.3 is 5.71 Å². The van der Waals surface area contributed by atoms with Crippen molar-refractivity contribution >= 4 is 0 Å². The minimum Gasteiger partial charge on any atom is -1.00 e. The van der Waals surface area contributed by atoms with Gasteiger partial charge in [-0.05, 0) is 0 Å². The van der Waals surface area contributed by atoms with Gasteiger partial charge in [-0.3, -0.25) is 0 Å². The van der Waals surface area contributed by atoms with Gasteiger partial charge in [0, 0.05) is 0 Å². The maximum Gasteiger partial charge on any atom is 1.00 e. The van der Waals surface area contributed by atoms with Crippen LogP contribution in [0.5, 0.6) is 0 Å². The first-order valence-electron chi connectivity index (χ1n) is 2.00. The zero-order valence-electron chi connectivity index (χ0n) is 11.5. The fraction of sp³-hybridized carbons (Fsp3) is 0. The van der Waals surface area contributed by atoms with E-state index in [1.807, 2.05) is 36.4 Å². The topological polar surface area (TPSA) is 0 Å². The van der Waals surface area contributed by atoms with Crippen molar-refractivity contribution in [3.8, 4) is 0 Å². The Morgan fingerprint density at radius 3 is 0.600 bits per heavy atom. The van der Waals surface area contributed by atoms with E-state index in [2.05, 4.69) is 0 Å². The fourth-order valence-electron chi connectivity index (χ4n) is 0.385. The molecule has 0 radical (unpaired) electrons. The Morgan fingerprint density at radius 1 is 0.400 bits per heavy atom. The maximum absolute atomic E-state index is 2.00. The summed E-state index contributed by atoms with van der Waals surface area (Å²) in [6.07, 6.45) is 0. The molecule has 0 spiro atoms. The summed E-state index contributed by atoms with van der Waals surface area (Å²) in [7, 11) is 0. The molecule has 0 nitrogen and oxygen atoms in total. The first-order valence-corrected chi connectivity index (χ1v) is 2.00. The molecule has 0 N–H and O–H groups in total. The van der Waals surface area contributed by atoms with Crippen molar-refractivity contribution in [2.75, 3.05) is 0 Å². The van der Waals surface area contributed by atoms with Crippen LogP contribution in [0.1, 0.15) is 5.71 Å². The van der Waals surface area contributed by atoms with Gasteiger partial charge in [0.2, 0.25) is 0 Å². The van der Waals surface area contributed by atoms with Gasteiger partial charge in [0.1, 0.15) is 0 Å². The van der Waals surface area contributed by atoms with E-state index in [-0.39, 0.29) is 124 Å². The van der Waals surface area contributed by atoms with Gasteiger partial charge in [0.05, 0.1) is 0 Å². The molecule has 0 saturated heterocycles. The zero-order chi connectivity index (χ0) is 4.24. The Bertz CT molecular complexity index is 93.8. The summed E-state index contributed by atoms with van der Waals surface area (Å²) in [4.78, 5) is 0. The van der Waals surface area contributed by atoms with Gasteiger partial charge in [-0.25, -0.2) is 0 Å². The largest absolute Gasteiger partial charge is 1.00 e. The second-order valence-electron chi connectivity index (χ2n) is 1.15. The molecule has 4 heteroatoms. The van der Waals surface area contributed by atoms with Gasteiger partial charge in [0.15, 0.2) is 0 Å². The third kappa shape index (κ3) is 13.8. The van der Waals surface area contributed by atoms with Gasteiger partial charge in [-0.2, -0.15) is 0 Å². The first-order chi connectivity index (χ1) is 3.00. The standard InChI is InChI=1S/C6H6.4Na.4H/c1-2-4-6-5-3-1;;;;;;;;/h1-6H;;;;;;;;/q;4*+1;4*-1. The van der Waals surface area contributed by atoms with E-state index in [4.69, 9.17) is 0 Å². The number of hydrogen-bond acceptors (Lipinski definition) is 0.